The molecule has 0 radical (unpaired) electrons. The molecular weight excluding hydrogens is 200 g/mol. The Balaban J connectivity index is 2.70. The van der Waals surface area contributed by atoms with Crippen LogP contribution in [0.1, 0.15) is 56.2 Å². The Morgan fingerprint density at radius 2 is 2.12 bits per heavy atom. The molecule has 0 aliphatic heterocycles. The van der Waals surface area contributed by atoms with Crippen molar-refractivity contribution in [2.45, 2.75) is 53.0 Å². The highest BCUT2D eigenvalue weighted by Crippen LogP contribution is 2.27. The van der Waals surface area contributed by atoms with E-state index in [1.165, 1.54) is 18.4 Å². The molecule has 0 aromatic carbocycles. The van der Waals surface area contributed by atoms with E-state index in [0.717, 1.165) is 17.9 Å². The third kappa shape index (κ3) is 3.35. The standard InChI is InChI=1S/C13H24N2O/c1-5-6-9(2)7-13(15-14)12-8-10(3)16-11(12)4/h8-9,13,15H,5-7,14H2,1-4H3. The van der Waals surface area contributed by atoms with E-state index >= 15 is 0 Å². The highest BCUT2D eigenvalue weighted by molar-refractivity contribution is 5.23. The van der Waals surface area contributed by atoms with Gasteiger partial charge in [0.05, 0.1) is 0 Å². The monoisotopic (exact) mass is 224 g/mol. The summed E-state index contributed by atoms with van der Waals surface area (Å²) in [7, 11) is 0. The van der Waals surface area contributed by atoms with Crippen molar-refractivity contribution in [2.24, 2.45) is 11.8 Å². The molecule has 0 bridgehead atoms. The second-order valence-corrected chi connectivity index (χ2v) is 4.72. The Kier molecular flexibility index (Phi) is 5.03. The van der Waals surface area contributed by atoms with Gasteiger partial charge in [-0.05, 0) is 32.3 Å². The van der Waals surface area contributed by atoms with Gasteiger partial charge in [0.25, 0.3) is 0 Å². The lowest BCUT2D eigenvalue weighted by Gasteiger charge is -2.19. The van der Waals surface area contributed by atoms with Gasteiger partial charge in [0, 0.05) is 11.6 Å². The van der Waals surface area contributed by atoms with Gasteiger partial charge in [-0.25, -0.2) is 0 Å². The van der Waals surface area contributed by atoms with Crippen molar-refractivity contribution in [3.05, 3.63) is 23.2 Å². The van der Waals surface area contributed by atoms with Gasteiger partial charge in [-0.2, -0.15) is 0 Å². The number of nitrogens with two attached hydrogens (primary N) is 1. The summed E-state index contributed by atoms with van der Waals surface area (Å²) >= 11 is 0. The number of aryl methyl sites for hydroxylation is 2. The van der Waals surface area contributed by atoms with E-state index in [1.54, 1.807) is 0 Å². The van der Waals surface area contributed by atoms with E-state index in [0.29, 0.717) is 5.92 Å². The van der Waals surface area contributed by atoms with Crippen LogP contribution in [0.15, 0.2) is 10.5 Å². The van der Waals surface area contributed by atoms with Crippen molar-refractivity contribution in [1.82, 2.24) is 5.43 Å². The zero-order chi connectivity index (χ0) is 12.1. The van der Waals surface area contributed by atoms with Crippen LogP contribution >= 0.6 is 0 Å². The van der Waals surface area contributed by atoms with Gasteiger partial charge in [-0.15, -0.1) is 0 Å². The van der Waals surface area contributed by atoms with Crippen LogP contribution in [0, 0.1) is 19.8 Å². The summed E-state index contributed by atoms with van der Waals surface area (Å²) in [6.07, 6.45) is 3.53. The van der Waals surface area contributed by atoms with Crippen LogP contribution < -0.4 is 11.3 Å². The molecule has 1 aromatic heterocycles. The highest BCUT2D eigenvalue weighted by atomic mass is 16.3. The molecule has 0 saturated heterocycles. The normalized spacial score (nSPS) is 15.1. The fourth-order valence-corrected chi connectivity index (χ4v) is 2.29. The predicted molar refractivity (Wildman–Crippen MR) is 66.9 cm³/mol. The average molecular weight is 224 g/mol. The number of furan rings is 1. The Labute approximate surface area is 98.4 Å². The molecule has 0 amide bonds. The first-order valence-corrected chi connectivity index (χ1v) is 6.11. The lowest BCUT2D eigenvalue weighted by Crippen LogP contribution is -2.29. The molecule has 2 atom stereocenters. The van der Waals surface area contributed by atoms with Crippen LogP contribution in [0.25, 0.3) is 0 Å². The molecule has 3 nitrogen and oxygen atoms in total. The van der Waals surface area contributed by atoms with Crippen molar-refractivity contribution in [1.29, 1.82) is 0 Å². The number of hydrogen-bond acceptors (Lipinski definition) is 3. The van der Waals surface area contributed by atoms with Crippen LogP contribution in [0.3, 0.4) is 0 Å². The topological polar surface area (TPSA) is 51.2 Å². The molecule has 0 fully saturated rings. The van der Waals surface area contributed by atoms with Crippen molar-refractivity contribution >= 4 is 0 Å². The maximum Gasteiger partial charge on any atom is 0.105 e. The molecule has 16 heavy (non-hydrogen) atoms. The lowest BCUT2D eigenvalue weighted by molar-refractivity contribution is 0.389. The summed E-state index contributed by atoms with van der Waals surface area (Å²) in [6, 6.07) is 2.29. The second kappa shape index (κ2) is 6.06. The van der Waals surface area contributed by atoms with Gasteiger partial charge in [-0.3, -0.25) is 11.3 Å². The number of nitrogens with one attached hydrogen (secondary N) is 1. The summed E-state index contributed by atoms with van der Waals surface area (Å²) in [5, 5.41) is 0. The minimum Gasteiger partial charge on any atom is -0.466 e. The van der Waals surface area contributed by atoms with Crippen molar-refractivity contribution in [3.8, 4) is 0 Å². The van der Waals surface area contributed by atoms with E-state index in [2.05, 4.69) is 25.3 Å². The zero-order valence-electron chi connectivity index (χ0n) is 10.8. The van der Waals surface area contributed by atoms with Crippen LogP contribution in [0.5, 0.6) is 0 Å². The molecule has 1 aromatic rings. The smallest absolute Gasteiger partial charge is 0.105 e. The lowest BCUT2D eigenvalue weighted by atomic mass is 9.93. The van der Waals surface area contributed by atoms with E-state index in [4.69, 9.17) is 10.3 Å². The Morgan fingerprint density at radius 1 is 1.44 bits per heavy atom. The molecule has 1 heterocycles. The summed E-state index contributed by atoms with van der Waals surface area (Å²) in [5.41, 5.74) is 4.10. The third-order valence-corrected chi connectivity index (χ3v) is 3.08. The first-order chi connectivity index (χ1) is 7.58. The van der Waals surface area contributed by atoms with Gasteiger partial charge in [0.15, 0.2) is 0 Å². The van der Waals surface area contributed by atoms with E-state index in [-0.39, 0.29) is 6.04 Å². The van der Waals surface area contributed by atoms with Crippen molar-refractivity contribution in [2.75, 3.05) is 0 Å². The largest absolute Gasteiger partial charge is 0.466 e. The van der Waals surface area contributed by atoms with Crippen LogP contribution in [0.4, 0.5) is 0 Å². The zero-order valence-corrected chi connectivity index (χ0v) is 10.8. The van der Waals surface area contributed by atoms with Gasteiger partial charge >= 0.3 is 0 Å². The minimum atomic E-state index is 0.207. The molecule has 3 N–H and O–H groups in total. The second-order valence-electron chi connectivity index (χ2n) is 4.72. The van der Waals surface area contributed by atoms with Crippen molar-refractivity contribution < 1.29 is 4.42 Å². The third-order valence-electron chi connectivity index (χ3n) is 3.08. The summed E-state index contributed by atoms with van der Waals surface area (Å²) in [6.45, 7) is 8.46. The predicted octanol–water partition coefficient (Wildman–Crippen LogP) is 3.23. The maximum atomic E-state index is 5.64. The van der Waals surface area contributed by atoms with Gasteiger partial charge in [0.1, 0.15) is 11.5 Å². The molecule has 0 aliphatic rings. The van der Waals surface area contributed by atoms with E-state index in [1.807, 2.05) is 13.8 Å². The molecule has 2 unspecified atom stereocenters. The molecule has 0 aliphatic carbocycles. The van der Waals surface area contributed by atoms with E-state index < -0.39 is 0 Å². The molecule has 1 rings (SSSR count). The maximum absolute atomic E-state index is 5.64. The number of rotatable bonds is 6. The fraction of sp³-hybridized carbons (Fsp3) is 0.692. The average Bonchev–Trinajstić information content (AvgIpc) is 2.55. The molecule has 0 saturated carbocycles. The number of hydrazine groups is 1. The summed E-state index contributed by atoms with van der Waals surface area (Å²) < 4.78 is 5.54. The molecule has 92 valence electrons. The Hall–Kier alpha value is -0.800. The van der Waals surface area contributed by atoms with Gasteiger partial charge in [0.2, 0.25) is 0 Å². The molecule has 0 spiro atoms. The first kappa shape index (κ1) is 13.3. The van der Waals surface area contributed by atoms with Gasteiger partial charge in [-0.1, -0.05) is 26.7 Å². The van der Waals surface area contributed by atoms with Crippen LogP contribution in [0.2, 0.25) is 0 Å². The Bertz CT molecular complexity index is 320. The van der Waals surface area contributed by atoms with Crippen LogP contribution in [-0.2, 0) is 0 Å². The van der Waals surface area contributed by atoms with Crippen molar-refractivity contribution in [3.63, 3.8) is 0 Å². The number of hydrogen-bond donors (Lipinski definition) is 2. The SMILES string of the molecule is CCCC(C)CC(NN)c1cc(C)oc1C. The molecule has 3 heteroatoms. The van der Waals surface area contributed by atoms with E-state index in [9.17, 15) is 0 Å². The minimum absolute atomic E-state index is 0.207. The molecular formula is C13H24N2O. The first-order valence-electron chi connectivity index (χ1n) is 6.11. The van der Waals surface area contributed by atoms with Crippen LogP contribution in [-0.4, -0.2) is 0 Å². The Morgan fingerprint density at radius 3 is 2.56 bits per heavy atom. The quantitative estimate of drug-likeness (QED) is 0.576. The van der Waals surface area contributed by atoms with Gasteiger partial charge < -0.3 is 4.42 Å². The summed E-state index contributed by atoms with van der Waals surface area (Å²) in [5.74, 6) is 8.25. The highest BCUT2D eigenvalue weighted by Gasteiger charge is 2.18. The fourth-order valence-electron chi connectivity index (χ4n) is 2.29. The summed E-state index contributed by atoms with van der Waals surface area (Å²) in [4.78, 5) is 0.